The van der Waals surface area contributed by atoms with Gasteiger partial charge in [0.2, 0.25) is 0 Å². The number of piperidine rings is 1. The first-order chi connectivity index (χ1) is 21.3. The molecule has 0 aliphatic carbocycles. The minimum absolute atomic E-state index is 0.0638. The number of halogens is 2. The van der Waals surface area contributed by atoms with Crippen molar-refractivity contribution in [1.82, 2.24) is 29.8 Å². The van der Waals surface area contributed by atoms with E-state index in [2.05, 4.69) is 42.7 Å². The van der Waals surface area contributed by atoms with Gasteiger partial charge in [-0.2, -0.15) is 4.98 Å². The molecule has 5 aromatic rings. The normalized spacial score (nSPS) is 17.6. The van der Waals surface area contributed by atoms with Crippen LogP contribution >= 0.6 is 11.6 Å². The van der Waals surface area contributed by atoms with Crippen LogP contribution in [0.4, 0.5) is 10.3 Å². The van der Waals surface area contributed by atoms with Crippen LogP contribution in [-0.4, -0.2) is 43.1 Å². The summed E-state index contributed by atoms with van der Waals surface area (Å²) in [5.74, 6) is 0.286. The molecule has 1 saturated heterocycles. The molecule has 11 heteroatoms. The summed E-state index contributed by atoms with van der Waals surface area (Å²) in [6.45, 7) is 2.81. The first kappa shape index (κ1) is 30.1. The van der Waals surface area contributed by atoms with Crippen molar-refractivity contribution < 1.29 is 4.39 Å². The molecule has 0 saturated carbocycles. The molecule has 0 spiro atoms. The Kier molecular flexibility index (Phi) is 9.11. The van der Waals surface area contributed by atoms with Crippen LogP contribution in [0.3, 0.4) is 0 Å². The van der Waals surface area contributed by atoms with Crippen LogP contribution in [0.5, 0.6) is 0 Å². The predicted molar refractivity (Wildman–Crippen MR) is 174 cm³/mol. The number of anilines is 1. The van der Waals surface area contributed by atoms with Crippen LogP contribution in [0.15, 0.2) is 65.8 Å². The number of aryl methyl sites for hydroxylation is 1. The van der Waals surface area contributed by atoms with Crippen molar-refractivity contribution in [2.45, 2.75) is 70.0 Å². The van der Waals surface area contributed by atoms with Crippen molar-refractivity contribution in [3.05, 3.63) is 93.5 Å². The minimum Gasteiger partial charge on any atom is -0.356 e. The standard InChI is InChI=1S/C33H38ClFN8O/c1-20(36)4-2-5-21-16-26(30(35)27(34)17-21)29-18-23-19-43(33(44)42-31(23)41-29)25-10-8-22(9-11-25)28-7-3-6-24(40-28)12-13-37-32-38-14-15-39-32/h8-11,14-20,24,28,40H,2-7,12-13,36H2,1H3,(H2,37,38,39)(H,41,42,44)/t20-,24-,28-/m0/s1. The lowest BCUT2D eigenvalue weighted by Gasteiger charge is -2.31. The lowest BCUT2D eigenvalue weighted by atomic mass is 9.92. The predicted octanol–water partition coefficient (Wildman–Crippen LogP) is 6.25. The second-order valence-electron chi connectivity index (χ2n) is 11.8. The number of H-pyrrole nitrogens is 2. The quantitative estimate of drug-likeness (QED) is 0.119. The maximum absolute atomic E-state index is 15.1. The van der Waals surface area contributed by atoms with Gasteiger partial charge in [-0.1, -0.05) is 30.2 Å². The summed E-state index contributed by atoms with van der Waals surface area (Å²) in [5, 5.41) is 7.87. The molecule has 0 amide bonds. The van der Waals surface area contributed by atoms with Gasteiger partial charge in [0.15, 0.2) is 11.8 Å². The average Bonchev–Trinajstić information content (AvgIpc) is 3.68. The van der Waals surface area contributed by atoms with Crippen molar-refractivity contribution in [1.29, 1.82) is 0 Å². The van der Waals surface area contributed by atoms with Gasteiger partial charge in [-0.3, -0.25) is 4.57 Å². The molecular formula is C33H38ClFN8O. The molecule has 0 bridgehead atoms. The lowest BCUT2D eigenvalue weighted by molar-refractivity contribution is 0.316. The largest absolute Gasteiger partial charge is 0.356 e. The summed E-state index contributed by atoms with van der Waals surface area (Å²) in [6.07, 6.45) is 12.2. The molecule has 0 unspecified atom stereocenters. The van der Waals surface area contributed by atoms with E-state index in [1.54, 1.807) is 30.6 Å². The topological polar surface area (TPSA) is 129 Å². The first-order valence-corrected chi connectivity index (χ1v) is 15.7. The van der Waals surface area contributed by atoms with Gasteiger partial charge in [-0.05, 0) is 86.9 Å². The van der Waals surface area contributed by atoms with Crippen LogP contribution in [0.1, 0.15) is 62.6 Å². The highest BCUT2D eigenvalue weighted by Gasteiger charge is 2.22. The molecule has 1 aliphatic heterocycles. The number of nitrogens with two attached hydrogens (primary N) is 1. The van der Waals surface area contributed by atoms with Gasteiger partial charge >= 0.3 is 5.69 Å². The molecule has 6 rings (SSSR count). The number of rotatable bonds is 11. The Bertz CT molecular complexity index is 1760. The Labute approximate surface area is 260 Å². The van der Waals surface area contributed by atoms with E-state index in [9.17, 15) is 4.79 Å². The number of fused-ring (bicyclic) bond motifs is 1. The molecule has 2 aromatic carbocycles. The summed E-state index contributed by atoms with van der Waals surface area (Å²) in [5.41, 5.74) is 9.58. The van der Waals surface area contributed by atoms with E-state index in [0.29, 0.717) is 28.3 Å². The number of aromatic nitrogens is 5. The number of imidazole rings is 1. The monoisotopic (exact) mass is 616 g/mol. The molecular weight excluding hydrogens is 579 g/mol. The fraction of sp³-hybridized carbons (Fsp3) is 0.364. The van der Waals surface area contributed by atoms with E-state index in [-0.39, 0.29) is 17.1 Å². The highest BCUT2D eigenvalue weighted by molar-refractivity contribution is 6.31. The van der Waals surface area contributed by atoms with Gasteiger partial charge in [0.1, 0.15) is 5.65 Å². The molecule has 9 nitrogen and oxygen atoms in total. The van der Waals surface area contributed by atoms with Crippen LogP contribution in [0, 0.1) is 5.82 Å². The molecule has 1 fully saturated rings. The molecule has 230 valence electrons. The molecule has 3 aromatic heterocycles. The number of benzene rings is 2. The minimum atomic E-state index is -0.507. The van der Waals surface area contributed by atoms with Crippen LogP contribution in [-0.2, 0) is 6.42 Å². The first-order valence-electron chi connectivity index (χ1n) is 15.3. The van der Waals surface area contributed by atoms with Crippen molar-refractivity contribution in [2.24, 2.45) is 5.73 Å². The van der Waals surface area contributed by atoms with Crippen LogP contribution in [0.25, 0.3) is 28.0 Å². The van der Waals surface area contributed by atoms with Gasteiger partial charge < -0.3 is 26.3 Å². The fourth-order valence-corrected chi connectivity index (χ4v) is 6.28. The Morgan fingerprint density at radius 2 is 2.05 bits per heavy atom. The number of hydrogen-bond donors (Lipinski definition) is 5. The third-order valence-corrected chi connectivity index (χ3v) is 8.63. The van der Waals surface area contributed by atoms with Crippen molar-refractivity contribution in [2.75, 3.05) is 11.9 Å². The summed E-state index contributed by atoms with van der Waals surface area (Å²) in [4.78, 5) is 27.7. The Balaban J connectivity index is 1.17. The van der Waals surface area contributed by atoms with Crippen molar-refractivity contribution >= 4 is 28.6 Å². The van der Waals surface area contributed by atoms with E-state index in [0.717, 1.165) is 68.7 Å². The van der Waals surface area contributed by atoms with Gasteiger partial charge in [0.25, 0.3) is 0 Å². The molecule has 1 aliphatic rings. The summed E-state index contributed by atoms with van der Waals surface area (Å²) in [7, 11) is 0. The number of hydrogen-bond acceptors (Lipinski definition) is 6. The van der Waals surface area contributed by atoms with E-state index in [1.165, 1.54) is 10.1 Å². The smallest absolute Gasteiger partial charge is 0.354 e. The van der Waals surface area contributed by atoms with Gasteiger partial charge in [-0.25, -0.2) is 14.2 Å². The van der Waals surface area contributed by atoms with Crippen molar-refractivity contribution in [3.8, 4) is 16.9 Å². The highest BCUT2D eigenvalue weighted by atomic mass is 35.5. The lowest BCUT2D eigenvalue weighted by Crippen LogP contribution is -2.38. The van der Waals surface area contributed by atoms with E-state index >= 15 is 4.39 Å². The number of nitrogens with zero attached hydrogens (tertiary/aromatic N) is 3. The highest BCUT2D eigenvalue weighted by Crippen LogP contribution is 2.32. The molecule has 0 radical (unpaired) electrons. The fourth-order valence-electron chi connectivity index (χ4n) is 6.04. The Hall–Kier alpha value is -3.99. The summed E-state index contributed by atoms with van der Waals surface area (Å²) >= 11 is 6.26. The molecule has 44 heavy (non-hydrogen) atoms. The maximum atomic E-state index is 15.1. The molecule has 6 N–H and O–H groups in total. The average molecular weight is 617 g/mol. The zero-order valence-corrected chi connectivity index (χ0v) is 25.5. The molecule has 4 heterocycles. The summed E-state index contributed by atoms with van der Waals surface area (Å²) in [6, 6.07) is 14.1. The second kappa shape index (κ2) is 13.3. The van der Waals surface area contributed by atoms with Crippen LogP contribution in [0.2, 0.25) is 5.02 Å². The maximum Gasteiger partial charge on any atom is 0.354 e. The van der Waals surface area contributed by atoms with E-state index in [1.807, 2.05) is 25.3 Å². The van der Waals surface area contributed by atoms with Crippen LogP contribution < -0.4 is 22.1 Å². The van der Waals surface area contributed by atoms with Gasteiger partial charge in [0.05, 0.1) is 16.4 Å². The van der Waals surface area contributed by atoms with E-state index < -0.39 is 11.5 Å². The van der Waals surface area contributed by atoms with Gasteiger partial charge in [-0.15, -0.1) is 0 Å². The van der Waals surface area contributed by atoms with E-state index in [4.69, 9.17) is 17.3 Å². The Morgan fingerprint density at radius 3 is 2.82 bits per heavy atom. The third kappa shape index (κ3) is 6.88. The van der Waals surface area contributed by atoms with Crippen molar-refractivity contribution in [3.63, 3.8) is 0 Å². The summed E-state index contributed by atoms with van der Waals surface area (Å²) < 4.78 is 16.7. The van der Waals surface area contributed by atoms with Gasteiger partial charge in [0, 0.05) is 54.2 Å². The zero-order chi connectivity index (χ0) is 30.6. The zero-order valence-electron chi connectivity index (χ0n) is 24.7. The third-order valence-electron chi connectivity index (χ3n) is 8.35. The second-order valence-corrected chi connectivity index (χ2v) is 12.2. The number of aromatic amines is 2. The Morgan fingerprint density at radius 1 is 1.20 bits per heavy atom. The molecule has 3 atom stereocenters. The SMILES string of the molecule is C[C@H](N)CCCc1cc(Cl)c(F)c(-c2cc3cn(-c4ccc([C@@H]5CCC[C@@H](CCNc6ncc[nH]6)N5)cc4)c(=O)nc3[nH]2)c1. The number of nitrogens with one attached hydrogen (secondary N) is 4.